The normalized spacial score (nSPS) is 16.4. The zero-order valence-corrected chi connectivity index (χ0v) is 19.9. The van der Waals surface area contributed by atoms with Crippen LogP contribution in [-0.2, 0) is 17.8 Å². The largest absolute Gasteiger partial charge is 0.372 e. The van der Waals surface area contributed by atoms with Crippen molar-refractivity contribution in [1.29, 1.82) is 0 Å². The summed E-state index contributed by atoms with van der Waals surface area (Å²) < 4.78 is 7.88. The summed E-state index contributed by atoms with van der Waals surface area (Å²) in [5, 5.41) is 1.59. The number of ether oxygens (including phenoxy) is 1. The lowest BCUT2D eigenvalue weighted by Crippen LogP contribution is -2.28. The zero-order chi connectivity index (χ0) is 21.3. The Kier molecular flexibility index (Phi) is 6.66. The molecule has 3 aromatic rings. The summed E-state index contributed by atoms with van der Waals surface area (Å²) in [4.78, 5) is 20.8. The van der Waals surface area contributed by atoms with Crippen molar-refractivity contribution < 1.29 is 4.74 Å². The number of nitrogens with zero attached hydrogens (tertiary/aromatic N) is 2. The summed E-state index contributed by atoms with van der Waals surface area (Å²) in [5.41, 5.74) is 3.29. The minimum atomic E-state index is 0.0590. The van der Waals surface area contributed by atoms with Gasteiger partial charge in [0.05, 0.1) is 23.8 Å². The fourth-order valence-electron chi connectivity index (χ4n) is 3.87. The Morgan fingerprint density at radius 3 is 2.73 bits per heavy atom. The minimum Gasteiger partial charge on any atom is -0.372 e. The Balaban J connectivity index is 1.85. The molecule has 1 aliphatic rings. The molecule has 0 fully saturated rings. The number of benzene rings is 1. The second-order valence-corrected chi connectivity index (χ2v) is 10.6. The van der Waals surface area contributed by atoms with E-state index in [0.29, 0.717) is 12.5 Å². The standard InChI is InChI=1S/C24H30N2O2S2/c1-5-6-7-12-29-24-25-22-21(18-13-19(15(2)3)28-14-20(18)30-22)23(27)26(24)17-10-8-16(4)9-11-17/h8-11,15,19H,5-7,12-14H2,1-4H3. The van der Waals surface area contributed by atoms with Gasteiger partial charge < -0.3 is 4.74 Å². The van der Waals surface area contributed by atoms with Crippen molar-refractivity contribution in [3.63, 3.8) is 0 Å². The Morgan fingerprint density at radius 1 is 1.27 bits per heavy atom. The van der Waals surface area contributed by atoms with Gasteiger partial charge in [0.15, 0.2) is 5.16 Å². The molecule has 0 radical (unpaired) electrons. The highest BCUT2D eigenvalue weighted by Crippen LogP contribution is 2.36. The van der Waals surface area contributed by atoms with Gasteiger partial charge in [-0.25, -0.2) is 4.98 Å². The predicted octanol–water partition coefficient (Wildman–Crippen LogP) is 6.14. The third-order valence-electron chi connectivity index (χ3n) is 5.73. The molecule has 1 unspecified atom stereocenters. The summed E-state index contributed by atoms with van der Waals surface area (Å²) in [5.74, 6) is 1.40. The van der Waals surface area contributed by atoms with E-state index < -0.39 is 0 Å². The number of unbranched alkanes of at least 4 members (excludes halogenated alkanes) is 2. The van der Waals surface area contributed by atoms with Crippen molar-refractivity contribution in [2.45, 2.75) is 71.2 Å². The highest BCUT2D eigenvalue weighted by molar-refractivity contribution is 7.99. The van der Waals surface area contributed by atoms with E-state index in [1.54, 1.807) is 23.1 Å². The minimum absolute atomic E-state index is 0.0590. The first kappa shape index (κ1) is 21.6. The maximum atomic E-state index is 13.8. The number of hydrogen-bond donors (Lipinski definition) is 0. The molecule has 6 heteroatoms. The van der Waals surface area contributed by atoms with Crippen molar-refractivity contribution in [1.82, 2.24) is 9.55 Å². The molecule has 0 saturated heterocycles. The fraction of sp³-hybridized carbons (Fsp3) is 0.500. The number of aryl methyl sites for hydroxylation is 1. The molecule has 160 valence electrons. The van der Waals surface area contributed by atoms with E-state index in [9.17, 15) is 4.79 Å². The van der Waals surface area contributed by atoms with Crippen LogP contribution < -0.4 is 5.56 Å². The number of aromatic nitrogens is 2. The summed E-state index contributed by atoms with van der Waals surface area (Å²) in [6.07, 6.45) is 4.47. The van der Waals surface area contributed by atoms with Gasteiger partial charge in [0, 0.05) is 17.1 Å². The number of thiophene rings is 1. The van der Waals surface area contributed by atoms with E-state index in [1.165, 1.54) is 18.4 Å². The van der Waals surface area contributed by atoms with E-state index in [0.717, 1.165) is 50.1 Å². The van der Waals surface area contributed by atoms with Crippen LogP contribution in [0.5, 0.6) is 0 Å². The highest BCUT2D eigenvalue weighted by Gasteiger charge is 2.28. The molecule has 0 spiro atoms. The lowest BCUT2D eigenvalue weighted by atomic mass is 9.96. The number of fused-ring (bicyclic) bond motifs is 3. The lowest BCUT2D eigenvalue weighted by molar-refractivity contribution is 0.00200. The smallest absolute Gasteiger partial charge is 0.267 e. The molecule has 1 aliphatic heterocycles. The molecule has 0 amide bonds. The lowest BCUT2D eigenvalue weighted by Gasteiger charge is -2.26. The zero-order valence-electron chi connectivity index (χ0n) is 18.2. The van der Waals surface area contributed by atoms with Crippen LogP contribution in [0, 0.1) is 12.8 Å². The molecular formula is C24H30N2O2S2. The average Bonchev–Trinajstić information content (AvgIpc) is 3.10. The van der Waals surface area contributed by atoms with Crippen LogP contribution in [0.1, 0.15) is 56.0 Å². The van der Waals surface area contributed by atoms with Crippen molar-refractivity contribution in [3.8, 4) is 5.69 Å². The molecule has 0 bridgehead atoms. The summed E-state index contributed by atoms with van der Waals surface area (Å²) in [6.45, 7) is 9.22. The Morgan fingerprint density at radius 2 is 2.03 bits per heavy atom. The molecule has 1 aromatic carbocycles. The van der Waals surface area contributed by atoms with Crippen molar-refractivity contribution in [2.75, 3.05) is 5.75 Å². The molecule has 0 aliphatic carbocycles. The molecule has 0 N–H and O–H groups in total. The van der Waals surface area contributed by atoms with Crippen molar-refractivity contribution in [2.24, 2.45) is 5.92 Å². The number of thioether (sulfide) groups is 1. The van der Waals surface area contributed by atoms with E-state index in [2.05, 4.69) is 39.8 Å². The van der Waals surface area contributed by atoms with Crippen LogP contribution >= 0.6 is 23.1 Å². The van der Waals surface area contributed by atoms with Gasteiger partial charge in [0.1, 0.15) is 4.83 Å². The summed E-state index contributed by atoms with van der Waals surface area (Å²) in [6, 6.07) is 8.17. The van der Waals surface area contributed by atoms with Gasteiger partial charge in [0.25, 0.3) is 5.56 Å². The molecule has 3 heterocycles. The maximum absolute atomic E-state index is 13.8. The van der Waals surface area contributed by atoms with Gasteiger partial charge in [0.2, 0.25) is 0 Å². The molecule has 4 rings (SSSR count). The van der Waals surface area contributed by atoms with Gasteiger partial charge in [-0.05, 0) is 37.0 Å². The van der Waals surface area contributed by atoms with Gasteiger partial charge in [-0.3, -0.25) is 9.36 Å². The van der Waals surface area contributed by atoms with Crippen LogP contribution in [0.2, 0.25) is 0 Å². The monoisotopic (exact) mass is 442 g/mol. The third kappa shape index (κ3) is 4.23. The number of rotatable bonds is 7. The first-order valence-electron chi connectivity index (χ1n) is 10.9. The van der Waals surface area contributed by atoms with Gasteiger partial charge in [-0.1, -0.05) is 63.1 Å². The Bertz CT molecular complexity index is 1080. The second-order valence-electron chi connectivity index (χ2n) is 8.41. The van der Waals surface area contributed by atoms with E-state index >= 15 is 0 Å². The SMILES string of the molecule is CCCCCSc1nc2sc3c(c2c(=O)n1-c1ccc(C)cc1)CC(C(C)C)OC3. The summed E-state index contributed by atoms with van der Waals surface area (Å²) >= 11 is 3.32. The van der Waals surface area contributed by atoms with Crippen LogP contribution in [0.4, 0.5) is 0 Å². The second kappa shape index (κ2) is 9.25. The van der Waals surface area contributed by atoms with Crippen LogP contribution in [0.15, 0.2) is 34.2 Å². The van der Waals surface area contributed by atoms with E-state index in [1.807, 2.05) is 16.7 Å². The molecule has 4 nitrogen and oxygen atoms in total. The fourth-order valence-corrected chi connectivity index (χ4v) is 6.05. The molecule has 2 aromatic heterocycles. The van der Waals surface area contributed by atoms with Gasteiger partial charge in [-0.2, -0.15) is 0 Å². The predicted molar refractivity (Wildman–Crippen MR) is 127 cm³/mol. The van der Waals surface area contributed by atoms with Gasteiger partial charge >= 0.3 is 0 Å². The molecule has 0 saturated carbocycles. The highest BCUT2D eigenvalue weighted by atomic mass is 32.2. The van der Waals surface area contributed by atoms with Crippen LogP contribution in [0.3, 0.4) is 0 Å². The van der Waals surface area contributed by atoms with Crippen LogP contribution in [0.25, 0.3) is 15.9 Å². The molecule has 30 heavy (non-hydrogen) atoms. The van der Waals surface area contributed by atoms with Gasteiger partial charge in [-0.15, -0.1) is 11.3 Å². The topological polar surface area (TPSA) is 44.1 Å². The van der Waals surface area contributed by atoms with E-state index in [-0.39, 0.29) is 11.7 Å². The molecule has 1 atom stereocenters. The first-order valence-corrected chi connectivity index (χ1v) is 12.7. The maximum Gasteiger partial charge on any atom is 0.267 e. The Hall–Kier alpha value is -1.63. The van der Waals surface area contributed by atoms with Crippen molar-refractivity contribution in [3.05, 3.63) is 50.6 Å². The molecular weight excluding hydrogens is 412 g/mol. The summed E-state index contributed by atoms with van der Waals surface area (Å²) in [7, 11) is 0. The first-order chi connectivity index (χ1) is 14.5. The van der Waals surface area contributed by atoms with E-state index in [4.69, 9.17) is 9.72 Å². The quantitative estimate of drug-likeness (QED) is 0.251. The Labute approximate surface area is 186 Å². The average molecular weight is 443 g/mol. The van der Waals surface area contributed by atoms with Crippen molar-refractivity contribution >= 4 is 33.3 Å². The number of hydrogen-bond acceptors (Lipinski definition) is 5. The third-order valence-corrected chi connectivity index (χ3v) is 7.85. The van der Waals surface area contributed by atoms with Crippen LogP contribution in [-0.4, -0.2) is 21.4 Å².